The maximum absolute atomic E-state index is 12.6. The molecule has 0 spiro atoms. The standard InChI is InChI=1S/C16H10BrNO/c1-18-13-7-6-9(17)8-12(13)14-15(18)10-4-2-3-5-11(10)16(14)19/h2-8H,1H3. The molecule has 0 saturated carbocycles. The van der Waals surface area contributed by atoms with Crippen molar-refractivity contribution in [3.05, 3.63) is 58.1 Å². The summed E-state index contributed by atoms with van der Waals surface area (Å²) >= 11 is 3.48. The van der Waals surface area contributed by atoms with E-state index in [0.717, 1.165) is 37.8 Å². The van der Waals surface area contributed by atoms with Crippen molar-refractivity contribution in [2.45, 2.75) is 0 Å². The van der Waals surface area contributed by atoms with E-state index in [-0.39, 0.29) is 5.78 Å². The number of fused-ring (bicyclic) bond motifs is 5. The van der Waals surface area contributed by atoms with Crippen molar-refractivity contribution in [2.24, 2.45) is 7.05 Å². The molecule has 0 radical (unpaired) electrons. The lowest BCUT2D eigenvalue weighted by atomic mass is 10.1. The Morgan fingerprint density at radius 1 is 1.05 bits per heavy atom. The number of carbonyl (C=O) groups is 1. The second kappa shape index (κ2) is 3.58. The second-order valence-electron chi connectivity index (χ2n) is 4.82. The van der Waals surface area contributed by atoms with E-state index < -0.39 is 0 Å². The zero-order chi connectivity index (χ0) is 13.1. The maximum Gasteiger partial charge on any atom is 0.196 e. The molecule has 19 heavy (non-hydrogen) atoms. The number of hydrogen-bond acceptors (Lipinski definition) is 1. The fraction of sp³-hybridized carbons (Fsp3) is 0.0625. The van der Waals surface area contributed by atoms with E-state index in [1.54, 1.807) is 0 Å². The topological polar surface area (TPSA) is 22.0 Å². The molecule has 2 nitrogen and oxygen atoms in total. The van der Waals surface area contributed by atoms with E-state index in [1.165, 1.54) is 0 Å². The monoisotopic (exact) mass is 311 g/mol. The van der Waals surface area contributed by atoms with E-state index in [9.17, 15) is 4.79 Å². The van der Waals surface area contributed by atoms with Gasteiger partial charge in [0.25, 0.3) is 0 Å². The van der Waals surface area contributed by atoms with Crippen molar-refractivity contribution in [3.63, 3.8) is 0 Å². The van der Waals surface area contributed by atoms with Crippen LogP contribution in [0.25, 0.3) is 22.2 Å². The van der Waals surface area contributed by atoms with Gasteiger partial charge < -0.3 is 4.57 Å². The Balaban J connectivity index is 2.22. The molecule has 1 heterocycles. The summed E-state index contributed by atoms with van der Waals surface area (Å²) in [6, 6.07) is 13.9. The molecular formula is C16H10BrNO. The van der Waals surface area contributed by atoms with Gasteiger partial charge in [0.15, 0.2) is 5.78 Å². The molecule has 1 aliphatic carbocycles. The van der Waals surface area contributed by atoms with Gasteiger partial charge in [0.1, 0.15) is 0 Å². The highest BCUT2D eigenvalue weighted by Gasteiger charge is 2.31. The zero-order valence-electron chi connectivity index (χ0n) is 10.3. The first kappa shape index (κ1) is 11.0. The number of ketones is 1. The van der Waals surface area contributed by atoms with Gasteiger partial charge in [-0.15, -0.1) is 0 Å². The first-order chi connectivity index (χ1) is 9.18. The summed E-state index contributed by atoms with van der Waals surface area (Å²) in [6.45, 7) is 0. The number of rotatable bonds is 0. The Hall–Kier alpha value is -1.87. The van der Waals surface area contributed by atoms with Gasteiger partial charge in [-0.2, -0.15) is 0 Å². The van der Waals surface area contributed by atoms with Crippen molar-refractivity contribution in [3.8, 4) is 11.3 Å². The first-order valence-electron chi connectivity index (χ1n) is 6.10. The highest BCUT2D eigenvalue weighted by Crippen LogP contribution is 2.42. The highest BCUT2D eigenvalue weighted by molar-refractivity contribution is 9.10. The number of aryl methyl sites for hydroxylation is 1. The average molecular weight is 312 g/mol. The van der Waals surface area contributed by atoms with Crippen LogP contribution in [0.3, 0.4) is 0 Å². The molecule has 0 aliphatic heterocycles. The fourth-order valence-electron chi connectivity index (χ4n) is 2.98. The Morgan fingerprint density at radius 2 is 1.79 bits per heavy atom. The van der Waals surface area contributed by atoms with E-state index in [2.05, 4.69) is 20.5 Å². The van der Waals surface area contributed by atoms with Gasteiger partial charge in [-0.3, -0.25) is 4.79 Å². The smallest absolute Gasteiger partial charge is 0.196 e. The Labute approximate surface area is 118 Å². The molecule has 0 N–H and O–H groups in total. The molecule has 1 aliphatic rings. The van der Waals surface area contributed by atoms with Gasteiger partial charge in [-0.1, -0.05) is 40.2 Å². The summed E-state index contributed by atoms with van der Waals surface area (Å²) in [4.78, 5) is 12.6. The van der Waals surface area contributed by atoms with Gasteiger partial charge in [0.2, 0.25) is 0 Å². The lowest BCUT2D eigenvalue weighted by molar-refractivity contribution is 0.104. The number of aromatic nitrogens is 1. The summed E-state index contributed by atoms with van der Waals surface area (Å²) in [5.41, 5.74) is 4.81. The zero-order valence-corrected chi connectivity index (χ0v) is 11.9. The van der Waals surface area contributed by atoms with Crippen molar-refractivity contribution >= 4 is 32.6 Å². The number of benzene rings is 2. The minimum Gasteiger partial charge on any atom is -0.343 e. The van der Waals surface area contributed by atoms with Crippen LogP contribution >= 0.6 is 15.9 Å². The van der Waals surface area contributed by atoms with Gasteiger partial charge in [-0.25, -0.2) is 0 Å². The van der Waals surface area contributed by atoms with Crippen LogP contribution in [0.1, 0.15) is 15.9 Å². The number of nitrogens with zero attached hydrogens (tertiary/aromatic N) is 1. The van der Waals surface area contributed by atoms with E-state index in [0.29, 0.717) is 0 Å². The summed E-state index contributed by atoms with van der Waals surface area (Å²) < 4.78 is 3.11. The van der Waals surface area contributed by atoms with Gasteiger partial charge >= 0.3 is 0 Å². The van der Waals surface area contributed by atoms with Crippen LogP contribution in [0.15, 0.2) is 46.9 Å². The molecular weight excluding hydrogens is 302 g/mol. The second-order valence-corrected chi connectivity index (χ2v) is 5.73. The molecule has 4 rings (SSSR count). The van der Waals surface area contributed by atoms with Crippen molar-refractivity contribution < 1.29 is 4.79 Å². The van der Waals surface area contributed by atoms with Crippen molar-refractivity contribution in [1.82, 2.24) is 4.57 Å². The van der Waals surface area contributed by atoms with Gasteiger partial charge in [0.05, 0.1) is 11.3 Å². The molecule has 1 aromatic heterocycles. The molecule has 0 unspecified atom stereocenters. The molecule has 3 aromatic rings. The normalized spacial score (nSPS) is 12.8. The number of carbonyl (C=O) groups excluding carboxylic acids is 1. The SMILES string of the molecule is Cn1c2c(c3cc(Br)ccc31)C(=O)c1ccccc1-2. The van der Waals surface area contributed by atoms with Crippen LogP contribution in [0.5, 0.6) is 0 Å². The lowest BCUT2D eigenvalue weighted by Gasteiger charge is -2.04. The quantitative estimate of drug-likeness (QED) is 0.478. The van der Waals surface area contributed by atoms with Crippen LogP contribution in [-0.4, -0.2) is 10.4 Å². The molecule has 0 amide bonds. The fourth-order valence-corrected chi connectivity index (χ4v) is 3.35. The molecule has 0 saturated heterocycles. The van der Waals surface area contributed by atoms with Gasteiger partial charge in [0, 0.05) is 33.6 Å². The van der Waals surface area contributed by atoms with E-state index >= 15 is 0 Å². The first-order valence-corrected chi connectivity index (χ1v) is 6.90. The summed E-state index contributed by atoms with van der Waals surface area (Å²) in [5, 5.41) is 1.02. The predicted octanol–water partition coefficient (Wildman–Crippen LogP) is 4.15. The molecule has 2 aromatic carbocycles. The third-order valence-electron chi connectivity index (χ3n) is 3.82. The minimum absolute atomic E-state index is 0.134. The minimum atomic E-state index is 0.134. The van der Waals surface area contributed by atoms with Crippen LogP contribution in [0.2, 0.25) is 0 Å². The summed E-state index contributed by atoms with van der Waals surface area (Å²) in [5.74, 6) is 0.134. The van der Waals surface area contributed by atoms with Crippen molar-refractivity contribution in [1.29, 1.82) is 0 Å². The molecule has 0 atom stereocenters. The largest absolute Gasteiger partial charge is 0.343 e. The maximum atomic E-state index is 12.6. The van der Waals surface area contributed by atoms with E-state index in [4.69, 9.17) is 0 Å². The Morgan fingerprint density at radius 3 is 2.58 bits per heavy atom. The average Bonchev–Trinajstić information content (AvgIpc) is 2.86. The van der Waals surface area contributed by atoms with Crippen LogP contribution in [-0.2, 0) is 7.05 Å². The lowest BCUT2D eigenvalue weighted by Crippen LogP contribution is -1.94. The Kier molecular flexibility index (Phi) is 2.07. The van der Waals surface area contributed by atoms with E-state index in [1.807, 2.05) is 49.5 Å². The molecule has 0 bridgehead atoms. The van der Waals surface area contributed by atoms with Crippen LogP contribution in [0, 0.1) is 0 Å². The van der Waals surface area contributed by atoms with Crippen molar-refractivity contribution in [2.75, 3.05) is 0 Å². The van der Waals surface area contributed by atoms with Crippen LogP contribution < -0.4 is 0 Å². The molecule has 3 heteroatoms. The summed E-state index contributed by atoms with van der Waals surface area (Å²) in [6.07, 6.45) is 0. The molecule has 92 valence electrons. The van der Waals surface area contributed by atoms with Gasteiger partial charge in [-0.05, 0) is 18.2 Å². The number of hydrogen-bond donors (Lipinski definition) is 0. The predicted molar refractivity (Wildman–Crippen MR) is 79.5 cm³/mol. The highest BCUT2D eigenvalue weighted by atomic mass is 79.9. The molecule has 0 fully saturated rings. The number of halogens is 1. The summed E-state index contributed by atoms with van der Waals surface area (Å²) in [7, 11) is 2.02. The third kappa shape index (κ3) is 1.28. The third-order valence-corrected chi connectivity index (χ3v) is 4.31. The van der Waals surface area contributed by atoms with Crippen LogP contribution in [0.4, 0.5) is 0 Å². The Bertz CT molecular complexity index is 861.